The highest BCUT2D eigenvalue weighted by molar-refractivity contribution is 7.07. The Morgan fingerprint density at radius 3 is 2.62 bits per heavy atom. The van der Waals surface area contributed by atoms with E-state index in [-0.39, 0.29) is 17.7 Å². The van der Waals surface area contributed by atoms with Gasteiger partial charge < -0.3 is 14.2 Å². The van der Waals surface area contributed by atoms with Crippen molar-refractivity contribution in [3.63, 3.8) is 0 Å². The van der Waals surface area contributed by atoms with Gasteiger partial charge in [-0.25, -0.2) is 9.79 Å². The topological polar surface area (TPSA) is 79.1 Å². The second-order valence-corrected chi connectivity index (χ2v) is 8.82. The summed E-state index contributed by atoms with van der Waals surface area (Å²) in [6.07, 6.45) is 1.73. The summed E-state index contributed by atoms with van der Waals surface area (Å²) in [6.45, 7) is 3.65. The molecule has 9 heteroatoms. The molecule has 176 valence electrons. The maximum absolute atomic E-state index is 13.7. The Balaban J connectivity index is 2.04. The predicted molar refractivity (Wildman–Crippen MR) is 131 cm³/mol. The fourth-order valence-corrected chi connectivity index (χ4v) is 5.17. The van der Waals surface area contributed by atoms with Crippen LogP contribution in [0.1, 0.15) is 31.0 Å². The molecule has 1 aromatic heterocycles. The molecule has 0 saturated carbocycles. The van der Waals surface area contributed by atoms with Crippen molar-refractivity contribution in [1.29, 1.82) is 0 Å². The van der Waals surface area contributed by atoms with Crippen molar-refractivity contribution in [2.75, 3.05) is 20.8 Å². The number of methoxy groups -OCH3 is 2. The lowest BCUT2D eigenvalue weighted by Crippen LogP contribution is -2.40. The number of para-hydroxylation sites is 1. The largest absolute Gasteiger partial charge is 0.493 e. The monoisotopic (exact) mass is 498 g/mol. The summed E-state index contributed by atoms with van der Waals surface area (Å²) in [6, 6.07) is 11.8. The van der Waals surface area contributed by atoms with Gasteiger partial charge in [0.15, 0.2) is 16.3 Å². The van der Waals surface area contributed by atoms with Crippen LogP contribution in [0.3, 0.4) is 0 Å². The highest BCUT2D eigenvalue weighted by atomic mass is 35.5. The Bertz CT molecular complexity index is 1470. The summed E-state index contributed by atoms with van der Waals surface area (Å²) in [5, 5.41) is 0.530. The third kappa shape index (κ3) is 4.15. The van der Waals surface area contributed by atoms with Crippen LogP contribution < -0.4 is 24.4 Å². The summed E-state index contributed by atoms with van der Waals surface area (Å²) in [5.41, 5.74) is 1.74. The van der Waals surface area contributed by atoms with Crippen LogP contribution in [0.25, 0.3) is 6.08 Å². The zero-order valence-corrected chi connectivity index (χ0v) is 20.7. The molecule has 1 aliphatic rings. The predicted octanol–water partition coefficient (Wildman–Crippen LogP) is 3.47. The molecular formula is C25H23ClN2O5S. The normalized spacial score (nSPS) is 15.6. The highest BCUT2D eigenvalue weighted by Crippen LogP contribution is 2.40. The van der Waals surface area contributed by atoms with E-state index in [0.29, 0.717) is 42.7 Å². The van der Waals surface area contributed by atoms with Crippen molar-refractivity contribution in [2.24, 2.45) is 4.99 Å². The van der Waals surface area contributed by atoms with Crippen molar-refractivity contribution in [1.82, 2.24) is 4.57 Å². The number of ether oxygens (including phenoxy) is 3. The SMILES string of the molecule is CCOC(=O)C1=C(C)N=c2sc(=Cc3ccccc3Cl)c(=O)n2C1c1cccc(OC)c1OC. The number of nitrogens with zero attached hydrogens (tertiary/aromatic N) is 2. The van der Waals surface area contributed by atoms with E-state index in [2.05, 4.69) is 4.99 Å². The van der Waals surface area contributed by atoms with E-state index in [1.165, 1.54) is 30.1 Å². The van der Waals surface area contributed by atoms with E-state index in [1.54, 1.807) is 44.2 Å². The van der Waals surface area contributed by atoms with E-state index in [9.17, 15) is 9.59 Å². The lowest BCUT2D eigenvalue weighted by atomic mass is 9.94. The summed E-state index contributed by atoms with van der Waals surface area (Å²) < 4.78 is 18.4. The number of carbonyl (C=O) groups excluding carboxylic acids is 1. The number of halogens is 1. The van der Waals surface area contributed by atoms with Crippen molar-refractivity contribution in [2.45, 2.75) is 19.9 Å². The molecule has 1 aliphatic heterocycles. The van der Waals surface area contributed by atoms with Crippen LogP contribution in [-0.2, 0) is 9.53 Å². The van der Waals surface area contributed by atoms with E-state index < -0.39 is 12.0 Å². The Labute approximate surface area is 205 Å². The first-order valence-electron chi connectivity index (χ1n) is 10.6. The number of esters is 1. The molecule has 7 nitrogen and oxygen atoms in total. The maximum atomic E-state index is 13.7. The Morgan fingerprint density at radius 1 is 1.18 bits per heavy atom. The summed E-state index contributed by atoms with van der Waals surface area (Å²) in [5.74, 6) is 0.363. The third-order valence-electron chi connectivity index (χ3n) is 5.44. The van der Waals surface area contributed by atoms with Crippen molar-refractivity contribution in [3.8, 4) is 11.5 Å². The number of hydrogen-bond acceptors (Lipinski definition) is 7. The minimum Gasteiger partial charge on any atom is -0.493 e. The van der Waals surface area contributed by atoms with Crippen LogP contribution in [0.2, 0.25) is 5.02 Å². The standard InChI is InChI=1S/C25H23ClN2O5S/c1-5-33-24(30)20-14(2)27-25-28(21(20)16-10-8-12-18(31-3)22(16)32-4)23(29)19(34-25)13-15-9-6-7-11-17(15)26/h6-13,21H,5H2,1-4H3. The van der Waals surface area contributed by atoms with Crippen molar-refractivity contribution < 1.29 is 19.0 Å². The molecular weight excluding hydrogens is 476 g/mol. The number of hydrogen-bond donors (Lipinski definition) is 0. The zero-order chi connectivity index (χ0) is 24.4. The van der Waals surface area contributed by atoms with Crippen molar-refractivity contribution >= 4 is 35.0 Å². The Kier molecular flexibility index (Phi) is 6.90. The number of carbonyl (C=O) groups is 1. The summed E-state index contributed by atoms with van der Waals surface area (Å²) in [4.78, 5) is 31.8. The molecule has 1 unspecified atom stereocenters. The molecule has 0 fully saturated rings. The molecule has 0 bridgehead atoms. The fourth-order valence-electron chi connectivity index (χ4n) is 3.95. The average molecular weight is 499 g/mol. The number of benzene rings is 2. The smallest absolute Gasteiger partial charge is 0.338 e. The number of allylic oxidation sites excluding steroid dienone is 1. The van der Waals surface area contributed by atoms with Crippen LogP contribution in [0.5, 0.6) is 11.5 Å². The van der Waals surface area contributed by atoms with E-state index in [1.807, 2.05) is 18.2 Å². The third-order valence-corrected chi connectivity index (χ3v) is 6.76. The van der Waals surface area contributed by atoms with E-state index >= 15 is 0 Å². The number of rotatable bonds is 6. The molecule has 0 N–H and O–H groups in total. The molecule has 2 aromatic carbocycles. The molecule has 0 radical (unpaired) electrons. The Morgan fingerprint density at radius 2 is 1.94 bits per heavy atom. The van der Waals surface area contributed by atoms with Gasteiger partial charge in [0.2, 0.25) is 0 Å². The van der Waals surface area contributed by atoms with Gasteiger partial charge in [-0.15, -0.1) is 0 Å². The first-order valence-corrected chi connectivity index (χ1v) is 11.8. The van der Waals surface area contributed by atoms with Crippen molar-refractivity contribution in [3.05, 3.63) is 89.6 Å². The maximum Gasteiger partial charge on any atom is 0.338 e. The molecule has 2 heterocycles. The van der Waals surface area contributed by atoms with E-state index in [4.69, 9.17) is 25.8 Å². The molecule has 1 atom stereocenters. The molecule has 0 spiro atoms. The second kappa shape index (κ2) is 9.87. The minimum atomic E-state index is -0.811. The van der Waals surface area contributed by atoms with Gasteiger partial charge in [0.1, 0.15) is 6.04 Å². The second-order valence-electron chi connectivity index (χ2n) is 7.41. The zero-order valence-electron chi connectivity index (χ0n) is 19.1. The lowest BCUT2D eigenvalue weighted by Gasteiger charge is -2.26. The van der Waals surface area contributed by atoms with Gasteiger partial charge in [-0.2, -0.15) is 0 Å². The van der Waals surface area contributed by atoms with Gasteiger partial charge in [0.25, 0.3) is 5.56 Å². The van der Waals surface area contributed by atoms with Gasteiger partial charge >= 0.3 is 5.97 Å². The van der Waals surface area contributed by atoms with Gasteiger partial charge in [0, 0.05) is 10.6 Å². The highest BCUT2D eigenvalue weighted by Gasteiger charge is 2.35. The first-order chi connectivity index (χ1) is 16.4. The molecule has 0 saturated heterocycles. The van der Waals surface area contributed by atoms with Crippen LogP contribution in [0.4, 0.5) is 0 Å². The first kappa shape index (κ1) is 23.8. The van der Waals surface area contributed by atoms with Gasteiger partial charge in [-0.1, -0.05) is 53.3 Å². The summed E-state index contributed by atoms with van der Waals surface area (Å²) >= 11 is 7.54. The number of aromatic nitrogens is 1. The molecule has 4 rings (SSSR count). The van der Waals surface area contributed by atoms with Crippen LogP contribution in [0.15, 0.2) is 63.5 Å². The van der Waals surface area contributed by atoms with Gasteiger partial charge in [-0.3, -0.25) is 9.36 Å². The Hall–Kier alpha value is -3.36. The molecule has 34 heavy (non-hydrogen) atoms. The van der Waals surface area contributed by atoms with E-state index in [0.717, 1.165) is 0 Å². The van der Waals surface area contributed by atoms with Crippen LogP contribution in [0, 0.1) is 0 Å². The molecule has 3 aromatic rings. The summed E-state index contributed by atoms with van der Waals surface area (Å²) in [7, 11) is 3.05. The molecule has 0 aliphatic carbocycles. The fraction of sp³-hybridized carbons (Fsp3) is 0.240. The lowest BCUT2D eigenvalue weighted by molar-refractivity contribution is -0.139. The van der Waals surface area contributed by atoms with Gasteiger partial charge in [0.05, 0.1) is 36.6 Å². The van der Waals surface area contributed by atoms with Crippen LogP contribution in [-0.4, -0.2) is 31.4 Å². The average Bonchev–Trinajstić information content (AvgIpc) is 3.13. The number of thiazole rings is 1. The number of fused-ring (bicyclic) bond motifs is 1. The quantitative estimate of drug-likeness (QED) is 0.486. The van der Waals surface area contributed by atoms with Crippen LogP contribution >= 0.6 is 22.9 Å². The molecule has 0 amide bonds. The minimum absolute atomic E-state index is 0.189. The van der Waals surface area contributed by atoms with Gasteiger partial charge in [-0.05, 0) is 37.6 Å².